The minimum Gasteiger partial charge on any atom is -0.354 e. The molecule has 0 saturated carbocycles. The lowest BCUT2D eigenvalue weighted by Gasteiger charge is -2.20. The lowest BCUT2D eigenvalue weighted by atomic mass is 9.87. The molecule has 1 atom stereocenters. The highest BCUT2D eigenvalue weighted by Gasteiger charge is 2.25. The molecule has 0 spiro atoms. The smallest absolute Gasteiger partial charge is 0.256 e. The van der Waals surface area contributed by atoms with E-state index >= 15 is 0 Å². The molecule has 170 valence electrons. The molecule has 3 aromatic carbocycles. The predicted molar refractivity (Wildman–Crippen MR) is 137 cm³/mol. The molecule has 2 aromatic heterocycles. The Kier molecular flexibility index (Phi) is 5.95. The van der Waals surface area contributed by atoms with Gasteiger partial charge in [-0.15, -0.1) is 0 Å². The Balaban J connectivity index is 1.61. The van der Waals surface area contributed by atoms with Crippen molar-refractivity contribution in [1.29, 1.82) is 0 Å². The maximum atomic E-state index is 13.2. The molecule has 0 fully saturated rings. The van der Waals surface area contributed by atoms with Crippen molar-refractivity contribution in [2.24, 2.45) is 7.05 Å². The van der Waals surface area contributed by atoms with Crippen LogP contribution in [0.25, 0.3) is 22.2 Å². The van der Waals surface area contributed by atoms with Gasteiger partial charge in [0, 0.05) is 30.4 Å². The van der Waals surface area contributed by atoms with Gasteiger partial charge in [-0.25, -0.2) is 0 Å². The van der Waals surface area contributed by atoms with Gasteiger partial charge in [-0.3, -0.25) is 9.48 Å². The number of aryl methyl sites for hydroxylation is 2. The van der Waals surface area contributed by atoms with Crippen molar-refractivity contribution in [1.82, 2.24) is 20.1 Å². The van der Waals surface area contributed by atoms with Gasteiger partial charge < -0.3 is 10.3 Å². The fourth-order valence-electron chi connectivity index (χ4n) is 4.60. The Hall–Kier alpha value is -3.83. The van der Waals surface area contributed by atoms with Gasteiger partial charge in [0.05, 0.1) is 17.0 Å². The molecule has 5 rings (SSSR count). The normalized spacial score (nSPS) is 12.1. The van der Waals surface area contributed by atoms with E-state index in [1.54, 1.807) is 14.0 Å². The van der Waals surface area contributed by atoms with E-state index in [0.717, 1.165) is 33.3 Å². The van der Waals surface area contributed by atoms with Gasteiger partial charge in [0.15, 0.2) is 0 Å². The number of benzene rings is 3. The number of carbonyl (C=O) groups is 1. The number of rotatable bonds is 6. The van der Waals surface area contributed by atoms with Gasteiger partial charge >= 0.3 is 0 Å². The minimum atomic E-state index is -0.224. The molecule has 6 heteroatoms. The van der Waals surface area contributed by atoms with E-state index in [0.29, 0.717) is 23.0 Å². The summed E-state index contributed by atoms with van der Waals surface area (Å²) in [7, 11) is 1.73. The first-order chi connectivity index (χ1) is 16.5. The molecule has 0 aliphatic carbocycles. The molecular formula is C28H25ClN4O. The molecule has 2 N–H and O–H groups in total. The number of aromatic nitrogens is 3. The summed E-state index contributed by atoms with van der Waals surface area (Å²) < 4.78 is 1.52. The zero-order chi connectivity index (χ0) is 23.7. The fraction of sp³-hybridized carbons (Fsp3) is 0.143. The highest BCUT2D eigenvalue weighted by atomic mass is 35.5. The summed E-state index contributed by atoms with van der Waals surface area (Å²) >= 11 is 6.36. The molecule has 0 bridgehead atoms. The van der Waals surface area contributed by atoms with E-state index in [1.165, 1.54) is 4.68 Å². The number of H-pyrrole nitrogens is 1. The Morgan fingerprint density at radius 3 is 2.32 bits per heavy atom. The molecule has 0 saturated heterocycles. The third-order valence-electron chi connectivity index (χ3n) is 6.21. The summed E-state index contributed by atoms with van der Waals surface area (Å²) in [5, 5.41) is 8.89. The lowest BCUT2D eigenvalue weighted by Crippen LogP contribution is -2.29. The third-order valence-corrected chi connectivity index (χ3v) is 6.64. The van der Waals surface area contributed by atoms with E-state index in [2.05, 4.69) is 51.8 Å². The van der Waals surface area contributed by atoms with Crippen molar-refractivity contribution in [3.63, 3.8) is 0 Å². The van der Waals surface area contributed by atoms with Crippen LogP contribution in [0, 0.1) is 6.92 Å². The summed E-state index contributed by atoms with van der Waals surface area (Å²) in [5.41, 5.74) is 6.53. The number of hydrogen-bond donors (Lipinski definition) is 2. The summed E-state index contributed by atoms with van der Waals surface area (Å²) in [5.74, 6) is -0.301. The van der Waals surface area contributed by atoms with Gasteiger partial charge in [-0.2, -0.15) is 5.10 Å². The SMILES string of the molecule is Cc1nn(C)c(Cl)c1C(=O)NCC(c1ccccc1)c1c(-c2ccccc2)[nH]c2ccccc12. The molecule has 0 aliphatic heterocycles. The first-order valence-corrected chi connectivity index (χ1v) is 11.6. The Morgan fingerprint density at radius 1 is 1.00 bits per heavy atom. The molecular weight excluding hydrogens is 444 g/mol. The largest absolute Gasteiger partial charge is 0.354 e. The predicted octanol–water partition coefficient (Wildman–Crippen LogP) is 6.09. The molecule has 5 nitrogen and oxygen atoms in total. The number of aromatic amines is 1. The van der Waals surface area contributed by atoms with Gasteiger partial charge in [-0.05, 0) is 29.7 Å². The van der Waals surface area contributed by atoms with Gasteiger partial charge in [0.2, 0.25) is 0 Å². The molecule has 1 unspecified atom stereocenters. The van der Waals surface area contributed by atoms with Crippen molar-refractivity contribution in [2.45, 2.75) is 12.8 Å². The molecule has 34 heavy (non-hydrogen) atoms. The van der Waals surface area contributed by atoms with E-state index in [-0.39, 0.29) is 11.8 Å². The third kappa shape index (κ3) is 3.99. The Morgan fingerprint density at radius 2 is 1.65 bits per heavy atom. The molecule has 0 radical (unpaired) electrons. The van der Waals surface area contributed by atoms with Gasteiger partial charge in [-0.1, -0.05) is 90.5 Å². The van der Waals surface area contributed by atoms with Gasteiger partial charge in [0.25, 0.3) is 5.91 Å². The van der Waals surface area contributed by atoms with Crippen LogP contribution in [0.5, 0.6) is 0 Å². The minimum absolute atomic E-state index is 0.0766. The van der Waals surface area contributed by atoms with Crippen LogP contribution in [-0.4, -0.2) is 27.2 Å². The van der Waals surface area contributed by atoms with Crippen LogP contribution in [0.15, 0.2) is 84.9 Å². The van der Waals surface area contributed by atoms with E-state index in [1.807, 2.05) is 48.5 Å². The number of hydrogen-bond acceptors (Lipinski definition) is 2. The number of fused-ring (bicyclic) bond motifs is 1. The maximum absolute atomic E-state index is 13.2. The molecule has 1 amide bonds. The number of carbonyl (C=O) groups excluding carboxylic acids is 1. The number of para-hydroxylation sites is 1. The van der Waals surface area contributed by atoms with Crippen LogP contribution in [0.1, 0.15) is 33.1 Å². The highest BCUT2D eigenvalue weighted by Crippen LogP contribution is 2.38. The monoisotopic (exact) mass is 468 g/mol. The van der Waals surface area contributed by atoms with Crippen LogP contribution in [0.2, 0.25) is 5.15 Å². The molecule has 5 aromatic rings. The maximum Gasteiger partial charge on any atom is 0.256 e. The number of amides is 1. The van der Waals surface area contributed by atoms with Crippen LogP contribution in [0.3, 0.4) is 0 Å². The Labute approximate surface area is 203 Å². The fourth-order valence-corrected chi connectivity index (χ4v) is 4.86. The van der Waals surface area contributed by atoms with Gasteiger partial charge in [0.1, 0.15) is 5.15 Å². The van der Waals surface area contributed by atoms with Crippen molar-refractivity contribution in [3.8, 4) is 11.3 Å². The second-order valence-electron chi connectivity index (χ2n) is 8.37. The van der Waals surface area contributed by atoms with E-state index in [9.17, 15) is 4.79 Å². The second-order valence-corrected chi connectivity index (χ2v) is 8.73. The van der Waals surface area contributed by atoms with Crippen molar-refractivity contribution in [3.05, 3.63) is 112 Å². The molecule has 2 heterocycles. The average molecular weight is 469 g/mol. The summed E-state index contributed by atoms with van der Waals surface area (Å²) in [6.45, 7) is 2.21. The van der Waals surface area contributed by atoms with Crippen molar-refractivity contribution in [2.75, 3.05) is 6.54 Å². The van der Waals surface area contributed by atoms with Crippen molar-refractivity contribution >= 4 is 28.4 Å². The topological polar surface area (TPSA) is 62.7 Å². The number of nitrogens with zero attached hydrogens (tertiary/aromatic N) is 2. The quantitative estimate of drug-likeness (QED) is 0.316. The lowest BCUT2D eigenvalue weighted by molar-refractivity contribution is 0.0952. The van der Waals surface area contributed by atoms with Crippen LogP contribution >= 0.6 is 11.6 Å². The van der Waals surface area contributed by atoms with Crippen LogP contribution in [0.4, 0.5) is 0 Å². The summed E-state index contributed by atoms with van der Waals surface area (Å²) in [6.07, 6.45) is 0. The first kappa shape index (κ1) is 22.0. The van der Waals surface area contributed by atoms with Crippen LogP contribution < -0.4 is 5.32 Å². The number of halogens is 1. The zero-order valence-electron chi connectivity index (χ0n) is 19.0. The van der Waals surface area contributed by atoms with Crippen molar-refractivity contribution < 1.29 is 4.79 Å². The zero-order valence-corrected chi connectivity index (χ0v) is 19.8. The number of nitrogens with one attached hydrogen (secondary N) is 2. The summed E-state index contributed by atoms with van der Waals surface area (Å²) in [4.78, 5) is 16.8. The van der Waals surface area contributed by atoms with E-state index < -0.39 is 0 Å². The standard InChI is InChI=1S/C28H25ClN4O/c1-18-24(27(29)33(2)32-18)28(34)30-17-22(19-11-5-3-6-12-19)25-21-15-9-10-16-23(21)31-26(25)20-13-7-4-8-14-20/h3-16,22,31H,17H2,1-2H3,(H,30,34). The average Bonchev–Trinajstić information content (AvgIpc) is 3.37. The van der Waals surface area contributed by atoms with Crippen LogP contribution in [-0.2, 0) is 7.05 Å². The second kappa shape index (κ2) is 9.20. The highest BCUT2D eigenvalue weighted by molar-refractivity contribution is 6.33. The van der Waals surface area contributed by atoms with E-state index in [4.69, 9.17) is 11.6 Å². The first-order valence-electron chi connectivity index (χ1n) is 11.2. The molecule has 0 aliphatic rings. The summed E-state index contributed by atoms with van der Waals surface area (Å²) in [6, 6.07) is 28.9. The Bertz CT molecular complexity index is 1450.